The summed E-state index contributed by atoms with van der Waals surface area (Å²) in [6.07, 6.45) is 4.99. The first-order valence-corrected chi connectivity index (χ1v) is 7.63. The molecule has 1 aromatic carbocycles. The Balaban J connectivity index is 1.84. The Labute approximate surface area is 134 Å². The van der Waals surface area contributed by atoms with Crippen molar-refractivity contribution < 1.29 is 13.9 Å². The van der Waals surface area contributed by atoms with Crippen molar-refractivity contribution in [3.63, 3.8) is 0 Å². The van der Waals surface area contributed by atoms with E-state index in [-0.39, 0.29) is 17.6 Å². The van der Waals surface area contributed by atoms with Crippen LogP contribution < -0.4 is 4.74 Å². The zero-order valence-electron chi connectivity index (χ0n) is 12.9. The van der Waals surface area contributed by atoms with Crippen LogP contribution in [0.5, 0.6) is 11.6 Å². The number of ether oxygens (including phenoxy) is 1. The molecule has 0 unspecified atom stereocenters. The van der Waals surface area contributed by atoms with Gasteiger partial charge in [-0.2, -0.15) is 0 Å². The first-order chi connectivity index (χ1) is 11.1. The van der Waals surface area contributed by atoms with Crippen LogP contribution >= 0.6 is 0 Å². The summed E-state index contributed by atoms with van der Waals surface area (Å²) in [7, 11) is 0. The van der Waals surface area contributed by atoms with Crippen LogP contribution in [0.15, 0.2) is 36.7 Å². The van der Waals surface area contributed by atoms with Gasteiger partial charge in [-0.25, -0.2) is 9.37 Å². The van der Waals surface area contributed by atoms with E-state index < -0.39 is 0 Å². The summed E-state index contributed by atoms with van der Waals surface area (Å²) in [5.74, 6) is 0.518. The van der Waals surface area contributed by atoms with Crippen LogP contribution in [0.4, 0.5) is 4.39 Å². The molecule has 5 nitrogen and oxygen atoms in total. The second-order valence-corrected chi connectivity index (χ2v) is 5.61. The molecule has 0 radical (unpaired) electrons. The van der Waals surface area contributed by atoms with Gasteiger partial charge in [-0.1, -0.05) is 6.07 Å². The molecule has 0 spiro atoms. The third-order valence-electron chi connectivity index (χ3n) is 3.96. The van der Waals surface area contributed by atoms with Crippen molar-refractivity contribution in [1.82, 2.24) is 14.9 Å². The van der Waals surface area contributed by atoms with Gasteiger partial charge in [0.05, 0.1) is 0 Å². The van der Waals surface area contributed by atoms with Crippen molar-refractivity contribution in [1.29, 1.82) is 0 Å². The van der Waals surface area contributed by atoms with Crippen molar-refractivity contribution in [3.8, 4) is 11.6 Å². The number of carbonyl (C=O) groups is 1. The van der Waals surface area contributed by atoms with Crippen LogP contribution in [0.25, 0.3) is 0 Å². The Morgan fingerprint density at radius 3 is 2.96 bits per heavy atom. The molecule has 2 aromatic rings. The lowest BCUT2D eigenvalue weighted by molar-refractivity contribution is -0.130. The Morgan fingerprint density at radius 1 is 1.35 bits per heavy atom. The first-order valence-electron chi connectivity index (χ1n) is 7.63. The number of hydrogen-bond donors (Lipinski definition) is 0. The number of halogens is 1. The maximum Gasteiger partial charge on any atom is 0.241 e. The van der Waals surface area contributed by atoms with Crippen molar-refractivity contribution in [2.75, 3.05) is 13.1 Å². The zero-order valence-corrected chi connectivity index (χ0v) is 12.9. The molecule has 1 aliphatic heterocycles. The van der Waals surface area contributed by atoms with E-state index in [0.717, 1.165) is 19.4 Å². The number of amides is 1. The van der Waals surface area contributed by atoms with E-state index in [1.165, 1.54) is 12.1 Å². The van der Waals surface area contributed by atoms with E-state index in [1.807, 2.05) is 4.90 Å². The van der Waals surface area contributed by atoms with Gasteiger partial charge in [0.2, 0.25) is 11.8 Å². The average molecular weight is 315 g/mol. The Kier molecular flexibility index (Phi) is 4.50. The van der Waals surface area contributed by atoms with Crippen LogP contribution in [0.1, 0.15) is 31.4 Å². The standard InChI is InChI=1S/C17H18FN3O2/c1-12(22)21-9-3-4-13(11-21)16-17(20-8-7-19-16)23-15-6-2-5-14(18)10-15/h2,5-8,10,13H,3-4,9,11H2,1H3/t13-/m0/s1. The molecule has 0 aliphatic carbocycles. The van der Waals surface area contributed by atoms with Crippen LogP contribution in [-0.2, 0) is 4.79 Å². The number of benzene rings is 1. The summed E-state index contributed by atoms with van der Waals surface area (Å²) >= 11 is 0. The molecule has 1 atom stereocenters. The van der Waals surface area contributed by atoms with E-state index >= 15 is 0 Å². The number of piperidine rings is 1. The van der Waals surface area contributed by atoms with E-state index in [0.29, 0.717) is 23.9 Å². The molecule has 1 aliphatic rings. The van der Waals surface area contributed by atoms with Gasteiger partial charge >= 0.3 is 0 Å². The van der Waals surface area contributed by atoms with Crippen molar-refractivity contribution in [2.24, 2.45) is 0 Å². The largest absolute Gasteiger partial charge is 0.437 e. The average Bonchev–Trinajstić information content (AvgIpc) is 2.55. The third kappa shape index (κ3) is 3.64. The molecule has 120 valence electrons. The Morgan fingerprint density at radius 2 is 2.17 bits per heavy atom. The summed E-state index contributed by atoms with van der Waals surface area (Å²) in [6, 6.07) is 5.92. The van der Waals surface area contributed by atoms with Crippen molar-refractivity contribution >= 4 is 5.91 Å². The fourth-order valence-electron chi connectivity index (χ4n) is 2.82. The normalized spacial score (nSPS) is 17.8. The number of nitrogens with zero attached hydrogens (tertiary/aromatic N) is 3. The molecule has 1 amide bonds. The summed E-state index contributed by atoms with van der Waals surface area (Å²) in [5.41, 5.74) is 0.711. The minimum Gasteiger partial charge on any atom is -0.437 e. The smallest absolute Gasteiger partial charge is 0.241 e. The lowest BCUT2D eigenvalue weighted by Gasteiger charge is -2.32. The highest BCUT2D eigenvalue weighted by Crippen LogP contribution is 2.32. The quantitative estimate of drug-likeness (QED) is 0.873. The van der Waals surface area contributed by atoms with Gasteiger partial charge in [-0.05, 0) is 25.0 Å². The minimum absolute atomic E-state index is 0.0613. The van der Waals surface area contributed by atoms with Crippen LogP contribution in [-0.4, -0.2) is 33.9 Å². The second-order valence-electron chi connectivity index (χ2n) is 5.61. The number of likely N-dealkylation sites (tertiary alicyclic amines) is 1. The number of carbonyl (C=O) groups excluding carboxylic acids is 1. The molecular weight excluding hydrogens is 297 g/mol. The Hall–Kier alpha value is -2.50. The maximum absolute atomic E-state index is 13.3. The highest BCUT2D eigenvalue weighted by Gasteiger charge is 2.27. The molecule has 0 bridgehead atoms. The molecule has 1 fully saturated rings. The lowest BCUT2D eigenvalue weighted by Crippen LogP contribution is -2.38. The predicted molar refractivity (Wildman–Crippen MR) is 82.7 cm³/mol. The van der Waals surface area contributed by atoms with E-state index in [1.54, 1.807) is 31.5 Å². The second kappa shape index (κ2) is 6.73. The van der Waals surface area contributed by atoms with Crippen molar-refractivity contribution in [2.45, 2.75) is 25.7 Å². The molecule has 1 saturated heterocycles. The molecule has 0 saturated carbocycles. The summed E-state index contributed by atoms with van der Waals surface area (Å²) < 4.78 is 19.0. The highest BCUT2D eigenvalue weighted by atomic mass is 19.1. The van der Waals surface area contributed by atoms with Crippen LogP contribution in [0, 0.1) is 5.82 Å². The van der Waals surface area contributed by atoms with E-state index in [4.69, 9.17) is 4.74 Å². The van der Waals surface area contributed by atoms with E-state index in [2.05, 4.69) is 9.97 Å². The lowest BCUT2D eigenvalue weighted by atomic mass is 9.94. The molecule has 1 aromatic heterocycles. The number of hydrogen-bond acceptors (Lipinski definition) is 4. The Bertz CT molecular complexity index is 708. The predicted octanol–water partition coefficient (Wildman–Crippen LogP) is 3.13. The molecule has 23 heavy (non-hydrogen) atoms. The third-order valence-corrected chi connectivity index (χ3v) is 3.96. The first kappa shape index (κ1) is 15.4. The fraction of sp³-hybridized carbons (Fsp3) is 0.353. The summed E-state index contributed by atoms with van der Waals surface area (Å²) in [5, 5.41) is 0. The van der Waals surface area contributed by atoms with E-state index in [9.17, 15) is 9.18 Å². The monoisotopic (exact) mass is 315 g/mol. The molecular formula is C17H18FN3O2. The maximum atomic E-state index is 13.3. The fourth-order valence-corrected chi connectivity index (χ4v) is 2.82. The molecule has 3 rings (SSSR count). The van der Waals surface area contributed by atoms with Gasteiger partial charge in [0.1, 0.15) is 17.3 Å². The summed E-state index contributed by atoms with van der Waals surface area (Å²) in [4.78, 5) is 22.1. The number of rotatable bonds is 3. The SMILES string of the molecule is CC(=O)N1CCC[C@H](c2nccnc2Oc2cccc(F)c2)C1. The van der Waals surface area contributed by atoms with Gasteiger partial charge in [0.15, 0.2) is 0 Å². The summed E-state index contributed by atoms with van der Waals surface area (Å²) in [6.45, 7) is 2.95. The van der Waals surface area contributed by atoms with Gasteiger partial charge in [-0.15, -0.1) is 0 Å². The molecule has 2 heterocycles. The number of aromatic nitrogens is 2. The van der Waals surface area contributed by atoms with Gasteiger partial charge in [0, 0.05) is 44.4 Å². The highest BCUT2D eigenvalue weighted by molar-refractivity contribution is 5.73. The molecule has 6 heteroatoms. The van der Waals surface area contributed by atoms with Crippen molar-refractivity contribution in [3.05, 3.63) is 48.2 Å². The van der Waals surface area contributed by atoms with Crippen LogP contribution in [0.2, 0.25) is 0 Å². The molecule has 0 N–H and O–H groups in total. The van der Waals surface area contributed by atoms with Gasteiger partial charge in [0.25, 0.3) is 0 Å². The minimum atomic E-state index is -0.367. The van der Waals surface area contributed by atoms with Gasteiger partial charge < -0.3 is 9.64 Å². The van der Waals surface area contributed by atoms with Crippen LogP contribution in [0.3, 0.4) is 0 Å². The van der Waals surface area contributed by atoms with Gasteiger partial charge in [-0.3, -0.25) is 9.78 Å². The topological polar surface area (TPSA) is 55.3 Å². The zero-order chi connectivity index (χ0) is 16.2.